The molecule has 0 radical (unpaired) electrons. The molecule has 0 fully saturated rings. The average molecular weight is 376 g/mol. The molecule has 0 unspecified atom stereocenters. The summed E-state index contributed by atoms with van der Waals surface area (Å²) in [4.78, 5) is 8.41. The second-order valence-corrected chi connectivity index (χ2v) is 7.53. The van der Waals surface area contributed by atoms with E-state index in [1.807, 2.05) is 0 Å². The van der Waals surface area contributed by atoms with Crippen molar-refractivity contribution >= 4 is 21.3 Å². The highest BCUT2D eigenvalue weighted by Crippen LogP contribution is 2.23. The zero-order valence-electron chi connectivity index (χ0n) is 13.8. The number of nitriles is 1. The SMILES string of the molecule is N#Cc1cccc(-c2cn3nc(S(=O)(=O)c4ccccc4)nc3c(N)n2)c1. The van der Waals surface area contributed by atoms with Gasteiger partial charge in [0.25, 0.3) is 5.16 Å². The van der Waals surface area contributed by atoms with Gasteiger partial charge in [-0.3, -0.25) is 0 Å². The predicted octanol–water partition coefficient (Wildman–Crippen LogP) is 2.08. The third-order valence-corrected chi connectivity index (χ3v) is 5.45. The van der Waals surface area contributed by atoms with Gasteiger partial charge in [-0.05, 0) is 24.3 Å². The minimum Gasteiger partial charge on any atom is -0.381 e. The van der Waals surface area contributed by atoms with Crippen molar-refractivity contribution in [2.24, 2.45) is 0 Å². The van der Waals surface area contributed by atoms with Crippen LogP contribution in [0.4, 0.5) is 5.82 Å². The number of rotatable bonds is 3. The van der Waals surface area contributed by atoms with Crippen molar-refractivity contribution in [1.29, 1.82) is 5.26 Å². The molecule has 4 rings (SSSR count). The molecular weight excluding hydrogens is 364 g/mol. The van der Waals surface area contributed by atoms with Crippen LogP contribution in [0, 0.1) is 11.3 Å². The lowest BCUT2D eigenvalue weighted by molar-refractivity contribution is 0.587. The Kier molecular flexibility index (Phi) is 3.83. The summed E-state index contributed by atoms with van der Waals surface area (Å²) in [6.45, 7) is 0. The van der Waals surface area contributed by atoms with Crippen molar-refractivity contribution in [3.8, 4) is 17.3 Å². The van der Waals surface area contributed by atoms with Gasteiger partial charge in [0.2, 0.25) is 9.84 Å². The van der Waals surface area contributed by atoms with Crippen LogP contribution >= 0.6 is 0 Å². The van der Waals surface area contributed by atoms with Crippen molar-refractivity contribution in [2.75, 3.05) is 5.73 Å². The highest BCUT2D eigenvalue weighted by molar-refractivity contribution is 7.91. The van der Waals surface area contributed by atoms with Gasteiger partial charge in [-0.25, -0.2) is 17.9 Å². The summed E-state index contributed by atoms with van der Waals surface area (Å²) in [6.07, 6.45) is 1.53. The number of nitrogens with zero attached hydrogens (tertiary/aromatic N) is 5. The minimum absolute atomic E-state index is 0.0388. The quantitative estimate of drug-likeness (QED) is 0.580. The van der Waals surface area contributed by atoms with Crippen LogP contribution in [0.2, 0.25) is 0 Å². The van der Waals surface area contributed by atoms with E-state index in [2.05, 4.69) is 21.1 Å². The van der Waals surface area contributed by atoms with Gasteiger partial charge in [0, 0.05) is 5.56 Å². The molecule has 27 heavy (non-hydrogen) atoms. The average Bonchev–Trinajstić information content (AvgIpc) is 3.14. The molecule has 0 aliphatic carbocycles. The van der Waals surface area contributed by atoms with E-state index in [-0.39, 0.29) is 21.5 Å². The Balaban J connectivity index is 1.86. The standard InChI is InChI=1S/C18H12N6O2S/c19-10-12-5-4-6-13(9-12)15-11-24-17(16(20)21-15)22-18(23-24)27(25,26)14-7-2-1-3-8-14/h1-9,11H,(H2,20,21). The Hall–Kier alpha value is -3.77. The summed E-state index contributed by atoms with van der Waals surface area (Å²) in [5, 5.41) is 12.8. The number of sulfone groups is 1. The summed E-state index contributed by atoms with van der Waals surface area (Å²) in [5.74, 6) is 0.0388. The first-order valence-electron chi connectivity index (χ1n) is 7.82. The summed E-state index contributed by atoms with van der Waals surface area (Å²) >= 11 is 0. The Morgan fingerprint density at radius 1 is 1.04 bits per heavy atom. The summed E-state index contributed by atoms with van der Waals surface area (Å²) in [5.41, 5.74) is 7.69. The van der Waals surface area contributed by atoms with Crippen molar-refractivity contribution in [3.63, 3.8) is 0 Å². The van der Waals surface area contributed by atoms with E-state index in [9.17, 15) is 8.42 Å². The van der Waals surface area contributed by atoms with Crippen molar-refractivity contribution < 1.29 is 8.42 Å². The Morgan fingerprint density at radius 3 is 2.56 bits per heavy atom. The van der Waals surface area contributed by atoms with Crippen LogP contribution in [0.3, 0.4) is 0 Å². The third kappa shape index (κ3) is 2.88. The zero-order valence-corrected chi connectivity index (χ0v) is 14.6. The third-order valence-electron chi connectivity index (χ3n) is 3.91. The van der Waals surface area contributed by atoms with Crippen molar-refractivity contribution in [3.05, 3.63) is 66.4 Å². The van der Waals surface area contributed by atoms with Gasteiger partial charge < -0.3 is 5.73 Å². The molecule has 0 bridgehead atoms. The number of benzene rings is 2. The maximum Gasteiger partial charge on any atom is 0.272 e. The molecule has 2 aromatic heterocycles. The molecule has 0 spiro atoms. The van der Waals surface area contributed by atoms with E-state index in [1.54, 1.807) is 42.5 Å². The Labute approximate surface area is 154 Å². The molecule has 0 atom stereocenters. The Bertz CT molecular complexity index is 1310. The van der Waals surface area contributed by atoms with E-state index in [0.29, 0.717) is 16.8 Å². The maximum absolute atomic E-state index is 12.7. The number of nitrogens with two attached hydrogens (primary N) is 1. The zero-order chi connectivity index (χ0) is 19.0. The van der Waals surface area contributed by atoms with Crippen LogP contribution in [0.1, 0.15) is 5.56 Å². The fourth-order valence-electron chi connectivity index (χ4n) is 2.60. The second-order valence-electron chi connectivity index (χ2n) is 5.68. The predicted molar refractivity (Wildman–Crippen MR) is 97.2 cm³/mol. The molecule has 0 aliphatic rings. The molecule has 4 aromatic rings. The molecule has 0 amide bonds. The lowest BCUT2D eigenvalue weighted by Crippen LogP contribution is -2.04. The minimum atomic E-state index is -3.88. The normalized spacial score (nSPS) is 11.4. The van der Waals surface area contributed by atoms with Gasteiger partial charge in [-0.15, -0.1) is 5.10 Å². The first kappa shape index (κ1) is 16.7. The maximum atomic E-state index is 12.7. The lowest BCUT2D eigenvalue weighted by atomic mass is 10.1. The first-order chi connectivity index (χ1) is 13.0. The number of hydrogen-bond donors (Lipinski definition) is 1. The molecule has 0 saturated heterocycles. The van der Waals surface area contributed by atoms with Crippen molar-refractivity contribution in [1.82, 2.24) is 19.6 Å². The van der Waals surface area contributed by atoms with E-state index in [0.717, 1.165) is 0 Å². The van der Waals surface area contributed by atoms with E-state index in [1.165, 1.54) is 22.8 Å². The van der Waals surface area contributed by atoms with E-state index >= 15 is 0 Å². The van der Waals surface area contributed by atoms with Gasteiger partial charge in [-0.2, -0.15) is 10.2 Å². The molecule has 132 valence electrons. The fraction of sp³-hybridized carbons (Fsp3) is 0. The number of fused-ring (bicyclic) bond motifs is 1. The van der Waals surface area contributed by atoms with Gasteiger partial charge in [0.05, 0.1) is 28.4 Å². The fourth-order valence-corrected chi connectivity index (χ4v) is 3.73. The number of hydrogen-bond acceptors (Lipinski definition) is 7. The molecule has 2 heterocycles. The largest absolute Gasteiger partial charge is 0.381 e. The molecular formula is C18H12N6O2S. The molecule has 9 heteroatoms. The van der Waals surface area contributed by atoms with Gasteiger partial charge in [-0.1, -0.05) is 30.3 Å². The van der Waals surface area contributed by atoms with Crippen LogP contribution in [0.5, 0.6) is 0 Å². The lowest BCUT2D eigenvalue weighted by Gasteiger charge is -2.03. The highest BCUT2D eigenvalue weighted by Gasteiger charge is 2.24. The van der Waals surface area contributed by atoms with Crippen LogP contribution in [0.25, 0.3) is 16.9 Å². The van der Waals surface area contributed by atoms with Gasteiger partial charge in [0.1, 0.15) is 0 Å². The van der Waals surface area contributed by atoms with Crippen LogP contribution in [0.15, 0.2) is 70.8 Å². The summed E-state index contributed by atoms with van der Waals surface area (Å²) in [7, 11) is -3.88. The van der Waals surface area contributed by atoms with Gasteiger partial charge >= 0.3 is 0 Å². The molecule has 2 aromatic carbocycles. The van der Waals surface area contributed by atoms with Crippen LogP contribution in [-0.2, 0) is 9.84 Å². The number of aromatic nitrogens is 4. The van der Waals surface area contributed by atoms with E-state index in [4.69, 9.17) is 11.0 Å². The summed E-state index contributed by atoms with van der Waals surface area (Å²) in [6, 6.07) is 16.8. The van der Waals surface area contributed by atoms with Crippen LogP contribution in [-0.4, -0.2) is 28.0 Å². The summed E-state index contributed by atoms with van der Waals surface area (Å²) < 4.78 is 26.7. The smallest absolute Gasteiger partial charge is 0.272 e. The van der Waals surface area contributed by atoms with Gasteiger partial charge in [0.15, 0.2) is 11.5 Å². The first-order valence-corrected chi connectivity index (χ1v) is 9.31. The van der Waals surface area contributed by atoms with E-state index < -0.39 is 9.84 Å². The Morgan fingerprint density at radius 2 is 1.81 bits per heavy atom. The second kappa shape index (κ2) is 6.19. The topological polar surface area (TPSA) is 127 Å². The number of nitrogen functional groups attached to an aromatic ring is 1. The van der Waals surface area contributed by atoms with Crippen LogP contribution < -0.4 is 5.73 Å². The number of anilines is 1. The van der Waals surface area contributed by atoms with Crippen molar-refractivity contribution in [2.45, 2.75) is 10.1 Å². The molecule has 8 nitrogen and oxygen atoms in total. The monoisotopic (exact) mass is 376 g/mol. The highest BCUT2D eigenvalue weighted by atomic mass is 32.2. The molecule has 0 saturated carbocycles. The molecule has 2 N–H and O–H groups in total. The molecule has 0 aliphatic heterocycles.